The van der Waals surface area contributed by atoms with Gasteiger partial charge in [-0.2, -0.15) is 0 Å². The summed E-state index contributed by atoms with van der Waals surface area (Å²) >= 11 is 1.39. The number of benzene rings is 3. The van der Waals surface area contributed by atoms with Crippen molar-refractivity contribution in [2.45, 2.75) is 20.8 Å². The summed E-state index contributed by atoms with van der Waals surface area (Å²) in [5.74, 6) is 0.330. The van der Waals surface area contributed by atoms with E-state index in [1.807, 2.05) is 37.4 Å². The maximum absolute atomic E-state index is 13.0. The second-order valence-corrected chi connectivity index (χ2v) is 9.03. The predicted octanol–water partition coefficient (Wildman–Crippen LogP) is 5.69. The minimum Gasteiger partial charge on any atom is -0.298 e. The van der Waals surface area contributed by atoms with Crippen LogP contribution in [0, 0.1) is 20.8 Å². The Morgan fingerprint density at radius 1 is 0.941 bits per heavy atom. The smallest absolute Gasteiger partial charge is 0.265 e. The molecule has 168 valence electrons. The SMILES string of the molecule is Cc1ccc(C)c(-c2csc(NC(=O)c3ccc(-n4c(C)nc5ccccc5c4=O)cc3)n2)c1. The van der Waals surface area contributed by atoms with Crippen LogP contribution in [0.2, 0.25) is 0 Å². The number of nitrogens with zero attached hydrogens (tertiary/aromatic N) is 3. The number of aromatic nitrogens is 3. The summed E-state index contributed by atoms with van der Waals surface area (Å²) in [5.41, 5.74) is 5.87. The summed E-state index contributed by atoms with van der Waals surface area (Å²) in [7, 11) is 0. The van der Waals surface area contributed by atoms with Crippen molar-refractivity contribution in [1.82, 2.24) is 14.5 Å². The number of carbonyl (C=O) groups is 1. The lowest BCUT2D eigenvalue weighted by Crippen LogP contribution is -2.22. The molecular weight excluding hydrogens is 444 g/mol. The maximum atomic E-state index is 13.0. The fourth-order valence-corrected chi connectivity index (χ4v) is 4.65. The first-order valence-electron chi connectivity index (χ1n) is 10.8. The first kappa shape index (κ1) is 21.7. The molecule has 2 aromatic heterocycles. The minimum atomic E-state index is -0.255. The van der Waals surface area contributed by atoms with Gasteiger partial charge in [-0.25, -0.2) is 9.97 Å². The van der Waals surface area contributed by atoms with Gasteiger partial charge in [0, 0.05) is 16.5 Å². The van der Waals surface area contributed by atoms with Gasteiger partial charge in [0.25, 0.3) is 11.5 Å². The number of hydrogen-bond donors (Lipinski definition) is 1. The van der Waals surface area contributed by atoms with E-state index in [2.05, 4.69) is 33.5 Å². The van der Waals surface area contributed by atoms with Crippen molar-refractivity contribution in [2.24, 2.45) is 0 Å². The summed E-state index contributed by atoms with van der Waals surface area (Å²) in [6.45, 7) is 5.89. The molecule has 0 fully saturated rings. The monoisotopic (exact) mass is 466 g/mol. The lowest BCUT2D eigenvalue weighted by molar-refractivity contribution is 0.102. The van der Waals surface area contributed by atoms with Gasteiger partial charge in [0.2, 0.25) is 0 Å². The normalized spacial score (nSPS) is 11.0. The molecule has 0 radical (unpaired) electrons. The summed E-state index contributed by atoms with van der Waals surface area (Å²) < 4.78 is 1.56. The van der Waals surface area contributed by atoms with Crippen molar-refractivity contribution in [3.8, 4) is 16.9 Å². The van der Waals surface area contributed by atoms with Crippen LogP contribution in [-0.2, 0) is 0 Å². The van der Waals surface area contributed by atoms with E-state index in [-0.39, 0.29) is 11.5 Å². The quantitative estimate of drug-likeness (QED) is 0.369. The van der Waals surface area contributed by atoms with Crippen molar-refractivity contribution in [2.75, 3.05) is 5.32 Å². The number of aryl methyl sites for hydroxylation is 3. The number of rotatable bonds is 4. The second kappa shape index (κ2) is 8.68. The van der Waals surface area contributed by atoms with Crippen LogP contribution in [0.15, 0.2) is 76.9 Å². The van der Waals surface area contributed by atoms with Crippen LogP contribution in [0.1, 0.15) is 27.3 Å². The number of hydrogen-bond acceptors (Lipinski definition) is 5. The summed E-state index contributed by atoms with van der Waals surface area (Å²) in [5, 5.41) is 5.91. The number of thiazole rings is 1. The first-order chi connectivity index (χ1) is 16.4. The molecule has 1 N–H and O–H groups in total. The molecule has 34 heavy (non-hydrogen) atoms. The molecule has 1 amide bonds. The van der Waals surface area contributed by atoms with Gasteiger partial charge in [-0.15, -0.1) is 11.3 Å². The standard InChI is InChI=1S/C27H22N4O2S/c1-16-8-9-17(2)22(14-16)24-15-34-27(29-24)30-25(32)19-10-12-20(13-11-19)31-18(3)28-23-7-5-4-6-21(23)26(31)33/h4-15H,1-3H3,(H,29,30,32). The molecule has 3 aromatic carbocycles. The van der Waals surface area contributed by atoms with Gasteiger partial charge in [0.1, 0.15) is 5.82 Å². The maximum Gasteiger partial charge on any atom is 0.265 e. The highest BCUT2D eigenvalue weighted by Crippen LogP contribution is 2.28. The average molecular weight is 467 g/mol. The van der Waals surface area contributed by atoms with Crippen molar-refractivity contribution < 1.29 is 4.79 Å². The molecule has 0 aliphatic rings. The highest BCUT2D eigenvalue weighted by atomic mass is 32.1. The Hall–Kier alpha value is -4.10. The third-order valence-electron chi connectivity index (χ3n) is 5.72. The van der Waals surface area contributed by atoms with Crippen LogP contribution in [0.3, 0.4) is 0 Å². The van der Waals surface area contributed by atoms with Crippen molar-refractivity contribution in [3.63, 3.8) is 0 Å². The van der Waals surface area contributed by atoms with Gasteiger partial charge in [0.15, 0.2) is 5.13 Å². The molecular formula is C27H22N4O2S. The number of anilines is 1. The van der Waals surface area contributed by atoms with E-state index >= 15 is 0 Å². The van der Waals surface area contributed by atoms with Crippen LogP contribution >= 0.6 is 11.3 Å². The molecule has 7 heteroatoms. The van der Waals surface area contributed by atoms with E-state index in [0.29, 0.717) is 33.1 Å². The molecule has 0 saturated carbocycles. The van der Waals surface area contributed by atoms with Crippen LogP contribution in [0.25, 0.3) is 27.8 Å². The van der Waals surface area contributed by atoms with Crippen molar-refractivity contribution >= 4 is 33.3 Å². The Balaban J connectivity index is 1.38. The Morgan fingerprint density at radius 3 is 2.50 bits per heavy atom. The lowest BCUT2D eigenvalue weighted by Gasteiger charge is -2.11. The zero-order valence-corrected chi connectivity index (χ0v) is 19.8. The molecule has 5 rings (SSSR count). The molecule has 0 atom stereocenters. The fraction of sp³-hybridized carbons (Fsp3) is 0.111. The number of fused-ring (bicyclic) bond motifs is 1. The summed E-state index contributed by atoms with van der Waals surface area (Å²) in [6.07, 6.45) is 0. The van der Waals surface area contributed by atoms with E-state index in [4.69, 9.17) is 0 Å². The average Bonchev–Trinajstić information content (AvgIpc) is 3.29. The van der Waals surface area contributed by atoms with Gasteiger partial charge < -0.3 is 0 Å². The molecule has 6 nitrogen and oxygen atoms in total. The van der Waals surface area contributed by atoms with Crippen LogP contribution in [0.4, 0.5) is 5.13 Å². The van der Waals surface area contributed by atoms with Gasteiger partial charge in [-0.3, -0.25) is 19.5 Å². The fourth-order valence-electron chi connectivity index (χ4n) is 3.95. The molecule has 0 aliphatic heterocycles. The van der Waals surface area contributed by atoms with E-state index in [0.717, 1.165) is 22.4 Å². The summed E-state index contributed by atoms with van der Waals surface area (Å²) in [4.78, 5) is 35.0. The molecule has 0 bridgehead atoms. The van der Waals surface area contributed by atoms with Crippen LogP contribution in [-0.4, -0.2) is 20.4 Å². The van der Waals surface area contributed by atoms with Crippen LogP contribution in [0.5, 0.6) is 0 Å². The van der Waals surface area contributed by atoms with Crippen molar-refractivity contribution in [1.29, 1.82) is 0 Å². The molecule has 5 aromatic rings. The third kappa shape index (κ3) is 4.02. The molecule has 0 saturated heterocycles. The van der Waals surface area contributed by atoms with Gasteiger partial charge >= 0.3 is 0 Å². The topological polar surface area (TPSA) is 76.9 Å². The zero-order valence-electron chi connectivity index (χ0n) is 19.0. The Morgan fingerprint density at radius 2 is 1.71 bits per heavy atom. The minimum absolute atomic E-state index is 0.137. The first-order valence-corrected chi connectivity index (χ1v) is 11.7. The van der Waals surface area contributed by atoms with E-state index in [9.17, 15) is 9.59 Å². The van der Waals surface area contributed by atoms with Gasteiger partial charge in [0.05, 0.1) is 22.3 Å². The highest BCUT2D eigenvalue weighted by Gasteiger charge is 2.13. The largest absolute Gasteiger partial charge is 0.298 e. The number of para-hydroxylation sites is 1. The molecule has 0 unspecified atom stereocenters. The number of nitrogens with one attached hydrogen (secondary N) is 1. The van der Waals surface area contributed by atoms with E-state index < -0.39 is 0 Å². The Labute approximate surface area is 200 Å². The second-order valence-electron chi connectivity index (χ2n) is 8.17. The van der Waals surface area contributed by atoms with Crippen molar-refractivity contribution in [3.05, 3.63) is 105 Å². The Bertz CT molecular complexity index is 1600. The van der Waals surface area contributed by atoms with Crippen LogP contribution < -0.4 is 10.9 Å². The van der Waals surface area contributed by atoms with Gasteiger partial charge in [-0.05, 0) is 68.8 Å². The van der Waals surface area contributed by atoms with E-state index in [1.165, 1.54) is 11.3 Å². The Kier molecular flexibility index (Phi) is 5.55. The third-order valence-corrected chi connectivity index (χ3v) is 6.48. The van der Waals surface area contributed by atoms with Gasteiger partial charge in [-0.1, -0.05) is 29.8 Å². The number of carbonyl (C=O) groups excluding carboxylic acids is 1. The molecule has 2 heterocycles. The van der Waals surface area contributed by atoms with E-state index in [1.54, 1.807) is 41.8 Å². The molecule has 0 aliphatic carbocycles. The lowest BCUT2D eigenvalue weighted by atomic mass is 10.0. The highest BCUT2D eigenvalue weighted by molar-refractivity contribution is 7.14. The zero-order chi connectivity index (χ0) is 23.8. The predicted molar refractivity (Wildman–Crippen MR) is 137 cm³/mol. The summed E-state index contributed by atoms with van der Waals surface area (Å²) in [6, 6.07) is 20.4. The number of amides is 1. The molecule has 0 spiro atoms.